The van der Waals surface area contributed by atoms with E-state index in [1.54, 1.807) is 6.20 Å². The molecule has 5 heteroatoms. The van der Waals surface area contributed by atoms with Crippen molar-refractivity contribution < 1.29 is 4.74 Å². The maximum absolute atomic E-state index is 6.29. The average molecular weight is 382 g/mol. The molecule has 1 aliphatic heterocycles. The number of halogens is 1. The fraction of sp³-hybridized carbons (Fsp3) is 0.318. The van der Waals surface area contributed by atoms with Gasteiger partial charge in [0.2, 0.25) is 0 Å². The van der Waals surface area contributed by atoms with Gasteiger partial charge in [0.1, 0.15) is 12.4 Å². The first-order valence-corrected chi connectivity index (χ1v) is 9.74. The fourth-order valence-electron chi connectivity index (χ4n) is 3.85. The molecule has 1 aromatic carbocycles. The summed E-state index contributed by atoms with van der Waals surface area (Å²) in [5, 5.41) is 0.744. The van der Waals surface area contributed by atoms with E-state index in [0.29, 0.717) is 12.6 Å². The molecule has 140 valence electrons. The number of hydrogen-bond donors (Lipinski definition) is 0. The van der Waals surface area contributed by atoms with E-state index in [0.717, 1.165) is 35.0 Å². The number of likely N-dealkylation sites (tertiary alicyclic amines) is 1. The van der Waals surface area contributed by atoms with E-state index < -0.39 is 0 Å². The van der Waals surface area contributed by atoms with Crippen molar-refractivity contribution in [2.75, 3.05) is 6.54 Å². The molecule has 4 rings (SSSR count). The maximum atomic E-state index is 6.29. The minimum atomic E-state index is 0.440. The lowest BCUT2D eigenvalue weighted by molar-refractivity contribution is 0.232. The third-order valence-electron chi connectivity index (χ3n) is 5.20. The molecule has 3 aromatic rings. The van der Waals surface area contributed by atoms with Gasteiger partial charge in [-0.15, -0.1) is 0 Å². The van der Waals surface area contributed by atoms with Crippen LogP contribution in [0.3, 0.4) is 0 Å². The van der Waals surface area contributed by atoms with E-state index in [9.17, 15) is 0 Å². The van der Waals surface area contributed by atoms with E-state index in [4.69, 9.17) is 16.3 Å². The highest BCUT2D eigenvalue weighted by Gasteiger charge is 2.28. The molecule has 4 nitrogen and oxygen atoms in total. The molecule has 0 saturated carbocycles. The minimum absolute atomic E-state index is 0.440. The summed E-state index contributed by atoms with van der Waals surface area (Å²) in [5.74, 6) is 0.890. The second-order valence-corrected chi connectivity index (χ2v) is 7.51. The summed E-state index contributed by atoms with van der Waals surface area (Å²) in [6.07, 6.45) is 8.12. The average Bonchev–Trinajstić information content (AvgIpc) is 3.30. The third kappa shape index (κ3) is 4.18. The first-order valence-electron chi connectivity index (χ1n) is 9.36. The summed E-state index contributed by atoms with van der Waals surface area (Å²) in [5.41, 5.74) is 3.56. The van der Waals surface area contributed by atoms with Crippen LogP contribution in [0.5, 0.6) is 5.75 Å². The van der Waals surface area contributed by atoms with Gasteiger partial charge in [-0.05, 0) is 55.8 Å². The SMILES string of the molecule is Cn1cccc1[C@H]1CCCN1Cc1cc(Cl)ccc1OCc1cccnc1. The lowest BCUT2D eigenvalue weighted by Crippen LogP contribution is -2.24. The van der Waals surface area contributed by atoms with E-state index >= 15 is 0 Å². The molecule has 0 N–H and O–H groups in total. The Bertz CT molecular complexity index is 894. The van der Waals surface area contributed by atoms with Crippen LogP contribution in [0.2, 0.25) is 5.02 Å². The van der Waals surface area contributed by atoms with E-state index in [1.165, 1.54) is 18.5 Å². The second kappa shape index (κ2) is 8.15. The Morgan fingerprint density at radius 2 is 2.15 bits per heavy atom. The Hall–Kier alpha value is -2.30. The van der Waals surface area contributed by atoms with Crippen LogP contribution in [-0.4, -0.2) is 21.0 Å². The molecule has 3 heterocycles. The van der Waals surface area contributed by atoms with Crippen LogP contribution in [0.4, 0.5) is 0 Å². The molecular formula is C22H24ClN3O. The zero-order chi connectivity index (χ0) is 18.6. The molecule has 0 radical (unpaired) electrons. The zero-order valence-corrected chi connectivity index (χ0v) is 16.3. The molecule has 0 unspecified atom stereocenters. The number of nitrogens with zero attached hydrogens (tertiary/aromatic N) is 3. The summed E-state index contributed by atoms with van der Waals surface area (Å²) in [4.78, 5) is 6.68. The van der Waals surface area contributed by atoms with Gasteiger partial charge in [0.05, 0.1) is 6.04 Å². The summed E-state index contributed by atoms with van der Waals surface area (Å²) < 4.78 is 8.33. The highest BCUT2D eigenvalue weighted by Crippen LogP contribution is 2.35. The Balaban J connectivity index is 1.52. The molecule has 1 saturated heterocycles. The number of aryl methyl sites for hydroxylation is 1. The highest BCUT2D eigenvalue weighted by atomic mass is 35.5. The van der Waals surface area contributed by atoms with Gasteiger partial charge in [-0.3, -0.25) is 9.88 Å². The van der Waals surface area contributed by atoms with E-state index in [2.05, 4.69) is 39.8 Å². The standard InChI is InChI=1S/C22H24ClN3O/c1-25-11-3-6-20(25)21-7-4-12-26(21)15-18-13-19(23)8-9-22(18)27-16-17-5-2-10-24-14-17/h2-3,5-6,8-11,13-14,21H,4,7,12,15-16H2,1H3/t21-/m1/s1. The maximum Gasteiger partial charge on any atom is 0.124 e. The van der Waals surface area contributed by atoms with Gasteiger partial charge in [0.25, 0.3) is 0 Å². The smallest absolute Gasteiger partial charge is 0.124 e. The van der Waals surface area contributed by atoms with Gasteiger partial charge in [-0.25, -0.2) is 0 Å². The van der Waals surface area contributed by atoms with Gasteiger partial charge in [-0.1, -0.05) is 17.7 Å². The Labute approximate surface area is 165 Å². The van der Waals surface area contributed by atoms with Crippen LogP contribution in [-0.2, 0) is 20.2 Å². The van der Waals surface area contributed by atoms with Crippen molar-refractivity contribution in [3.8, 4) is 5.75 Å². The summed E-state index contributed by atoms with van der Waals surface area (Å²) in [6, 6.07) is 14.6. The molecule has 0 spiro atoms. The Morgan fingerprint density at radius 1 is 1.22 bits per heavy atom. The monoisotopic (exact) mass is 381 g/mol. The highest BCUT2D eigenvalue weighted by molar-refractivity contribution is 6.30. The summed E-state index contributed by atoms with van der Waals surface area (Å²) >= 11 is 6.29. The van der Waals surface area contributed by atoms with E-state index in [1.807, 2.05) is 36.5 Å². The van der Waals surface area contributed by atoms with Gasteiger partial charge in [-0.2, -0.15) is 0 Å². The number of aromatic nitrogens is 2. The lowest BCUT2D eigenvalue weighted by Gasteiger charge is -2.26. The van der Waals surface area contributed by atoms with Crippen LogP contribution < -0.4 is 4.74 Å². The molecular weight excluding hydrogens is 358 g/mol. The molecule has 1 aliphatic rings. The number of pyridine rings is 1. The normalized spacial score (nSPS) is 17.3. The van der Waals surface area contributed by atoms with Crippen LogP contribution >= 0.6 is 11.6 Å². The lowest BCUT2D eigenvalue weighted by atomic mass is 10.1. The van der Waals surface area contributed by atoms with Gasteiger partial charge in [0.15, 0.2) is 0 Å². The minimum Gasteiger partial charge on any atom is -0.489 e. The van der Waals surface area contributed by atoms with Crippen molar-refractivity contribution in [3.05, 3.63) is 82.9 Å². The van der Waals surface area contributed by atoms with Gasteiger partial charge in [0, 0.05) is 54.0 Å². The van der Waals surface area contributed by atoms with Crippen LogP contribution in [0.1, 0.15) is 35.7 Å². The number of rotatable bonds is 6. The number of benzene rings is 1. The van der Waals surface area contributed by atoms with Gasteiger partial charge >= 0.3 is 0 Å². The molecule has 27 heavy (non-hydrogen) atoms. The number of hydrogen-bond acceptors (Lipinski definition) is 3. The Morgan fingerprint density at radius 3 is 2.93 bits per heavy atom. The molecule has 1 atom stereocenters. The molecule has 2 aromatic heterocycles. The predicted octanol–water partition coefficient (Wildman–Crippen LogP) is 4.99. The van der Waals surface area contributed by atoms with Crippen LogP contribution in [0.25, 0.3) is 0 Å². The van der Waals surface area contributed by atoms with Gasteiger partial charge < -0.3 is 9.30 Å². The summed E-state index contributed by atoms with van der Waals surface area (Å²) in [7, 11) is 2.12. The quantitative estimate of drug-likeness (QED) is 0.602. The van der Waals surface area contributed by atoms with Crippen molar-refractivity contribution in [2.24, 2.45) is 7.05 Å². The van der Waals surface area contributed by atoms with Crippen molar-refractivity contribution in [1.82, 2.24) is 14.5 Å². The molecule has 0 amide bonds. The predicted molar refractivity (Wildman–Crippen MR) is 108 cm³/mol. The zero-order valence-electron chi connectivity index (χ0n) is 15.5. The summed E-state index contributed by atoms with van der Waals surface area (Å²) in [6.45, 7) is 2.42. The third-order valence-corrected chi connectivity index (χ3v) is 5.44. The van der Waals surface area contributed by atoms with Crippen LogP contribution in [0.15, 0.2) is 61.1 Å². The fourth-order valence-corrected chi connectivity index (χ4v) is 4.04. The first kappa shape index (κ1) is 18.1. The van der Waals surface area contributed by atoms with E-state index in [-0.39, 0.29) is 0 Å². The van der Waals surface area contributed by atoms with Crippen molar-refractivity contribution in [1.29, 1.82) is 0 Å². The van der Waals surface area contributed by atoms with Crippen molar-refractivity contribution in [2.45, 2.75) is 32.0 Å². The first-order chi connectivity index (χ1) is 13.2. The second-order valence-electron chi connectivity index (χ2n) is 7.07. The Kier molecular flexibility index (Phi) is 5.46. The topological polar surface area (TPSA) is 30.3 Å². The van der Waals surface area contributed by atoms with Crippen molar-refractivity contribution >= 4 is 11.6 Å². The van der Waals surface area contributed by atoms with Crippen molar-refractivity contribution in [3.63, 3.8) is 0 Å². The largest absolute Gasteiger partial charge is 0.489 e. The molecule has 0 bridgehead atoms. The molecule has 1 fully saturated rings. The van der Waals surface area contributed by atoms with Crippen LogP contribution in [0, 0.1) is 0 Å². The molecule has 0 aliphatic carbocycles. The number of ether oxygens (including phenoxy) is 1.